The number of hydrogen-bond donors (Lipinski definition) is 0. The van der Waals surface area contributed by atoms with Gasteiger partial charge in [0, 0.05) is 12.6 Å². The van der Waals surface area contributed by atoms with E-state index in [-0.39, 0.29) is 0 Å². The fourth-order valence-corrected chi connectivity index (χ4v) is 2.73. The number of hydrogen-bond acceptors (Lipinski definition) is 2. The Kier molecular flexibility index (Phi) is 5.82. The van der Waals surface area contributed by atoms with E-state index in [1.807, 2.05) is 25.2 Å². The zero-order chi connectivity index (χ0) is 15.1. The second kappa shape index (κ2) is 7.84. The summed E-state index contributed by atoms with van der Waals surface area (Å²) >= 11 is 1.65. The first-order chi connectivity index (χ1) is 10.2. The first-order valence-electron chi connectivity index (χ1n) is 7.16. The average molecular weight is 295 g/mol. The molecule has 2 aromatic carbocycles. The second-order valence-corrected chi connectivity index (χ2v) is 6.03. The van der Waals surface area contributed by atoms with Gasteiger partial charge in [-0.25, -0.2) is 0 Å². The lowest BCUT2D eigenvalue weighted by molar-refractivity contribution is 0.866. The van der Waals surface area contributed by atoms with Crippen molar-refractivity contribution in [2.45, 2.75) is 19.8 Å². The number of rotatable bonds is 4. The second-order valence-electron chi connectivity index (χ2n) is 5.14. The zero-order valence-corrected chi connectivity index (χ0v) is 13.6. The summed E-state index contributed by atoms with van der Waals surface area (Å²) < 4.78 is 0. The minimum Gasteiger partial charge on any atom is -0.281 e. The van der Waals surface area contributed by atoms with Gasteiger partial charge in [0.15, 0.2) is 0 Å². The van der Waals surface area contributed by atoms with Crippen LogP contribution in [0.3, 0.4) is 0 Å². The Morgan fingerprint density at radius 1 is 1.00 bits per heavy atom. The van der Waals surface area contributed by atoms with Crippen molar-refractivity contribution in [1.29, 1.82) is 0 Å². The predicted molar refractivity (Wildman–Crippen MR) is 96.1 cm³/mol. The van der Waals surface area contributed by atoms with E-state index in [0.29, 0.717) is 5.92 Å². The SMILES string of the molecule is CN=C(S/C=C/c1ccccc1)c1ccc(C(C)C)cc1. The van der Waals surface area contributed by atoms with Gasteiger partial charge in [-0.1, -0.05) is 80.2 Å². The van der Waals surface area contributed by atoms with Crippen molar-refractivity contribution in [2.24, 2.45) is 4.99 Å². The van der Waals surface area contributed by atoms with Crippen molar-refractivity contribution >= 4 is 22.9 Å². The Bertz CT molecular complexity index is 610. The summed E-state index contributed by atoms with van der Waals surface area (Å²) in [5, 5.41) is 3.13. The van der Waals surface area contributed by atoms with Crippen LogP contribution in [0.4, 0.5) is 0 Å². The lowest BCUT2D eigenvalue weighted by Crippen LogP contribution is -1.95. The van der Waals surface area contributed by atoms with Gasteiger partial charge in [0.05, 0.1) is 0 Å². The van der Waals surface area contributed by atoms with Crippen molar-refractivity contribution in [2.75, 3.05) is 7.05 Å². The van der Waals surface area contributed by atoms with Crippen LogP contribution in [0, 0.1) is 0 Å². The maximum Gasteiger partial charge on any atom is 0.101 e. The van der Waals surface area contributed by atoms with Gasteiger partial charge >= 0.3 is 0 Å². The smallest absolute Gasteiger partial charge is 0.101 e. The Morgan fingerprint density at radius 2 is 1.67 bits per heavy atom. The standard InChI is InChI=1S/C19H21NS/c1-15(2)17-9-11-18(12-10-17)19(20-3)21-14-13-16-7-5-4-6-8-16/h4-15H,1-3H3/b14-13+,20-19?. The van der Waals surface area contributed by atoms with Gasteiger partial charge in [-0.3, -0.25) is 4.99 Å². The van der Waals surface area contributed by atoms with Gasteiger partial charge < -0.3 is 0 Å². The molecular weight excluding hydrogens is 274 g/mol. The van der Waals surface area contributed by atoms with Crippen molar-refractivity contribution in [3.63, 3.8) is 0 Å². The van der Waals surface area contributed by atoms with Crippen LogP contribution in [0.5, 0.6) is 0 Å². The Morgan fingerprint density at radius 3 is 2.24 bits per heavy atom. The minimum atomic E-state index is 0.562. The summed E-state index contributed by atoms with van der Waals surface area (Å²) in [6.07, 6.45) is 2.11. The summed E-state index contributed by atoms with van der Waals surface area (Å²) in [5.41, 5.74) is 3.74. The molecule has 0 aliphatic rings. The topological polar surface area (TPSA) is 12.4 Å². The van der Waals surface area contributed by atoms with Crippen molar-refractivity contribution in [3.05, 3.63) is 76.7 Å². The van der Waals surface area contributed by atoms with E-state index in [9.17, 15) is 0 Å². The monoisotopic (exact) mass is 295 g/mol. The van der Waals surface area contributed by atoms with Gasteiger partial charge in [0.25, 0.3) is 0 Å². The van der Waals surface area contributed by atoms with Crippen LogP contribution in [0.2, 0.25) is 0 Å². The van der Waals surface area contributed by atoms with Gasteiger partial charge in [0.1, 0.15) is 5.04 Å². The molecule has 0 aromatic heterocycles. The van der Waals surface area contributed by atoms with E-state index in [2.05, 4.69) is 66.7 Å². The molecule has 0 fully saturated rings. The van der Waals surface area contributed by atoms with Gasteiger partial charge in [-0.05, 0) is 28.5 Å². The van der Waals surface area contributed by atoms with E-state index >= 15 is 0 Å². The van der Waals surface area contributed by atoms with E-state index < -0.39 is 0 Å². The number of benzene rings is 2. The third-order valence-electron chi connectivity index (χ3n) is 3.27. The van der Waals surface area contributed by atoms with Crippen LogP contribution >= 0.6 is 11.8 Å². The molecule has 0 bridgehead atoms. The molecule has 21 heavy (non-hydrogen) atoms. The quantitative estimate of drug-likeness (QED) is 0.529. The Labute approximate surface area is 131 Å². The normalized spacial score (nSPS) is 12.3. The first kappa shape index (κ1) is 15.6. The molecule has 0 aliphatic heterocycles. The molecule has 2 aromatic rings. The highest BCUT2D eigenvalue weighted by Gasteiger charge is 2.03. The van der Waals surface area contributed by atoms with Crippen molar-refractivity contribution in [1.82, 2.24) is 0 Å². The highest BCUT2D eigenvalue weighted by atomic mass is 32.2. The summed E-state index contributed by atoms with van der Waals surface area (Å²) in [6, 6.07) is 19.0. The Hall–Kier alpha value is -1.80. The van der Waals surface area contributed by atoms with Gasteiger partial charge in [-0.2, -0.15) is 0 Å². The molecule has 0 unspecified atom stereocenters. The lowest BCUT2D eigenvalue weighted by atomic mass is 10.0. The van der Waals surface area contributed by atoms with Crippen molar-refractivity contribution < 1.29 is 0 Å². The lowest BCUT2D eigenvalue weighted by Gasteiger charge is -2.07. The predicted octanol–water partition coefficient (Wildman–Crippen LogP) is 5.59. The zero-order valence-electron chi connectivity index (χ0n) is 12.8. The van der Waals surface area contributed by atoms with E-state index in [1.54, 1.807) is 11.8 Å². The maximum absolute atomic E-state index is 4.39. The number of aliphatic imine (C=N–C) groups is 1. The molecule has 0 radical (unpaired) electrons. The van der Waals surface area contributed by atoms with Crippen molar-refractivity contribution in [3.8, 4) is 0 Å². The number of thioether (sulfide) groups is 1. The molecule has 0 amide bonds. The maximum atomic E-state index is 4.39. The first-order valence-corrected chi connectivity index (χ1v) is 8.04. The van der Waals surface area contributed by atoms with Crippen LogP contribution in [0.1, 0.15) is 36.5 Å². The van der Waals surface area contributed by atoms with Crippen LogP contribution in [-0.4, -0.2) is 12.1 Å². The highest BCUT2D eigenvalue weighted by Crippen LogP contribution is 2.20. The third kappa shape index (κ3) is 4.61. The summed E-state index contributed by atoms with van der Waals surface area (Å²) in [4.78, 5) is 4.39. The fraction of sp³-hybridized carbons (Fsp3) is 0.211. The molecule has 108 valence electrons. The van der Waals surface area contributed by atoms with E-state index in [4.69, 9.17) is 0 Å². The summed E-state index contributed by atoms with van der Waals surface area (Å²) in [5.74, 6) is 0.562. The molecule has 0 N–H and O–H groups in total. The molecule has 0 spiro atoms. The summed E-state index contributed by atoms with van der Waals surface area (Å²) in [6.45, 7) is 4.42. The van der Waals surface area contributed by atoms with Crippen LogP contribution in [0.25, 0.3) is 6.08 Å². The molecule has 2 heteroatoms. The molecule has 0 saturated carbocycles. The average Bonchev–Trinajstić information content (AvgIpc) is 2.53. The molecular formula is C19H21NS. The fourth-order valence-electron chi connectivity index (χ4n) is 2.00. The molecule has 0 aliphatic carbocycles. The molecule has 1 nitrogen and oxygen atoms in total. The highest BCUT2D eigenvalue weighted by molar-refractivity contribution is 8.17. The third-order valence-corrected chi connectivity index (χ3v) is 4.18. The molecule has 0 heterocycles. The Balaban J connectivity index is 2.05. The van der Waals surface area contributed by atoms with E-state index in [1.165, 1.54) is 16.7 Å². The molecule has 0 atom stereocenters. The van der Waals surface area contributed by atoms with Crippen LogP contribution in [0.15, 0.2) is 65.0 Å². The number of nitrogens with zero attached hydrogens (tertiary/aromatic N) is 1. The minimum absolute atomic E-state index is 0.562. The van der Waals surface area contributed by atoms with Crippen LogP contribution in [-0.2, 0) is 0 Å². The van der Waals surface area contributed by atoms with Gasteiger partial charge in [-0.15, -0.1) is 0 Å². The van der Waals surface area contributed by atoms with Gasteiger partial charge in [0.2, 0.25) is 0 Å². The largest absolute Gasteiger partial charge is 0.281 e. The molecule has 2 rings (SSSR count). The summed E-state index contributed by atoms with van der Waals surface area (Å²) in [7, 11) is 1.84. The van der Waals surface area contributed by atoms with E-state index in [0.717, 1.165) is 5.04 Å². The molecule has 0 saturated heterocycles. The van der Waals surface area contributed by atoms with Crippen LogP contribution < -0.4 is 0 Å².